The number of methoxy groups -OCH3 is 1. The molecule has 1 fully saturated rings. The van der Waals surface area contributed by atoms with Crippen molar-refractivity contribution in [1.29, 1.82) is 0 Å². The Hall–Kier alpha value is -2.87. The van der Waals surface area contributed by atoms with Crippen LogP contribution in [0.25, 0.3) is 22.0 Å². The number of ether oxygens (including phenoxy) is 1. The van der Waals surface area contributed by atoms with Gasteiger partial charge >= 0.3 is 6.09 Å². The Labute approximate surface area is 202 Å². The van der Waals surface area contributed by atoms with Crippen molar-refractivity contribution in [3.8, 4) is 11.3 Å². The van der Waals surface area contributed by atoms with Crippen molar-refractivity contribution < 1.29 is 14.3 Å². The molecular formula is C25H29BrN4O3. The van der Waals surface area contributed by atoms with E-state index in [-0.39, 0.29) is 17.9 Å². The van der Waals surface area contributed by atoms with E-state index in [0.717, 1.165) is 33.4 Å². The molecule has 0 unspecified atom stereocenters. The summed E-state index contributed by atoms with van der Waals surface area (Å²) in [4.78, 5) is 35.2. The Kier molecular flexibility index (Phi) is 6.74. The van der Waals surface area contributed by atoms with Crippen LogP contribution in [0.15, 0.2) is 47.1 Å². The van der Waals surface area contributed by atoms with Gasteiger partial charge in [-0.25, -0.2) is 9.78 Å². The molecule has 8 heteroatoms. The molecule has 1 aliphatic rings. The molecule has 3 aromatic rings. The fraction of sp³-hybridized carbons (Fsp3) is 0.400. The zero-order valence-corrected chi connectivity index (χ0v) is 20.8. The lowest BCUT2D eigenvalue weighted by atomic mass is 10.0. The lowest BCUT2D eigenvalue weighted by Gasteiger charge is -2.30. The standard InChI is InChI=1S/C25H29BrN4O3/c1-14(2)22(29-25(32)33-4)24(31)30-13-15(3)9-21(30)23-27-12-20(28-23)17-6-5-16-7-8-19(26)11-18(16)10-17/h5-8,10-12,14-15,21-22H,9,13H2,1-4H3,(H,27,28)(H,29,32)/t15-,21-,22-/m0/s1. The predicted octanol–water partition coefficient (Wildman–Crippen LogP) is 5.28. The van der Waals surface area contributed by atoms with Crippen molar-refractivity contribution in [1.82, 2.24) is 20.2 Å². The maximum Gasteiger partial charge on any atom is 0.407 e. The van der Waals surface area contributed by atoms with Gasteiger partial charge in [-0.1, -0.05) is 54.9 Å². The second-order valence-corrected chi connectivity index (χ2v) is 10.0. The first kappa shape index (κ1) is 23.3. The van der Waals surface area contributed by atoms with Gasteiger partial charge in [-0.3, -0.25) is 4.79 Å². The third-order valence-electron chi connectivity index (χ3n) is 6.21. The molecule has 0 radical (unpaired) electrons. The number of carbonyl (C=O) groups is 2. The number of aromatic amines is 1. The van der Waals surface area contributed by atoms with Crippen LogP contribution in [0, 0.1) is 11.8 Å². The van der Waals surface area contributed by atoms with Crippen LogP contribution in [0.2, 0.25) is 0 Å². The van der Waals surface area contributed by atoms with Gasteiger partial charge in [0.1, 0.15) is 11.9 Å². The van der Waals surface area contributed by atoms with E-state index < -0.39 is 12.1 Å². The molecule has 2 N–H and O–H groups in total. The van der Waals surface area contributed by atoms with Crippen molar-refractivity contribution in [3.63, 3.8) is 0 Å². The summed E-state index contributed by atoms with van der Waals surface area (Å²) in [7, 11) is 1.30. The van der Waals surface area contributed by atoms with Gasteiger partial charge in [0.2, 0.25) is 5.91 Å². The summed E-state index contributed by atoms with van der Waals surface area (Å²) in [6.07, 6.45) is 2.04. The highest BCUT2D eigenvalue weighted by Crippen LogP contribution is 2.36. The van der Waals surface area contributed by atoms with E-state index in [0.29, 0.717) is 12.5 Å². The van der Waals surface area contributed by atoms with Gasteiger partial charge < -0.3 is 19.9 Å². The number of halogens is 1. The molecule has 0 spiro atoms. The first-order chi connectivity index (χ1) is 15.8. The molecule has 1 aromatic heterocycles. The maximum absolute atomic E-state index is 13.4. The van der Waals surface area contributed by atoms with E-state index in [2.05, 4.69) is 68.5 Å². The second kappa shape index (κ2) is 9.55. The van der Waals surface area contributed by atoms with Gasteiger partial charge in [-0.2, -0.15) is 0 Å². The van der Waals surface area contributed by atoms with E-state index >= 15 is 0 Å². The highest BCUT2D eigenvalue weighted by Gasteiger charge is 2.40. The Bertz CT molecular complexity index is 1180. The van der Waals surface area contributed by atoms with Crippen LogP contribution >= 0.6 is 15.9 Å². The molecule has 4 rings (SSSR count). The molecule has 1 saturated heterocycles. The zero-order valence-electron chi connectivity index (χ0n) is 19.3. The zero-order chi connectivity index (χ0) is 23.7. The number of imidazole rings is 1. The highest BCUT2D eigenvalue weighted by molar-refractivity contribution is 9.10. The molecule has 7 nitrogen and oxygen atoms in total. The van der Waals surface area contributed by atoms with Crippen molar-refractivity contribution in [2.75, 3.05) is 13.7 Å². The monoisotopic (exact) mass is 512 g/mol. The number of hydrogen-bond donors (Lipinski definition) is 2. The summed E-state index contributed by atoms with van der Waals surface area (Å²) in [6.45, 7) is 6.57. The van der Waals surface area contributed by atoms with Gasteiger partial charge in [-0.15, -0.1) is 0 Å². The van der Waals surface area contributed by atoms with Crippen LogP contribution in [0.3, 0.4) is 0 Å². The number of nitrogens with zero attached hydrogens (tertiary/aromatic N) is 2. The number of amides is 2. The van der Waals surface area contributed by atoms with Crippen LogP contribution in [-0.4, -0.2) is 46.6 Å². The Morgan fingerprint density at radius 2 is 1.97 bits per heavy atom. The lowest BCUT2D eigenvalue weighted by Crippen LogP contribution is -2.51. The summed E-state index contributed by atoms with van der Waals surface area (Å²) in [5, 5.41) is 5.00. The van der Waals surface area contributed by atoms with Crippen molar-refractivity contribution in [2.24, 2.45) is 11.8 Å². The topological polar surface area (TPSA) is 87.3 Å². The van der Waals surface area contributed by atoms with Crippen LogP contribution in [-0.2, 0) is 9.53 Å². The number of fused-ring (bicyclic) bond motifs is 1. The molecule has 2 aromatic carbocycles. The molecule has 0 saturated carbocycles. The summed E-state index contributed by atoms with van der Waals surface area (Å²) < 4.78 is 5.76. The van der Waals surface area contributed by atoms with Crippen molar-refractivity contribution >= 4 is 38.7 Å². The van der Waals surface area contributed by atoms with E-state index in [4.69, 9.17) is 4.74 Å². The van der Waals surface area contributed by atoms with Crippen LogP contribution < -0.4 is 5.32 Å². The molecular weight excluding hydrogens is 484 g/mol. The highest BCUT2D eigenvalue weighted by atomic mass is 79.9. The van der Waals surface area contributed by atoms with Crippen molar-refractivity contribution in [3.05, 3.63) is 52.9 Å². The van der Waals surface area contributed by atoms with E-state index in [1.165, 1.54) is 12.5 Å². The maximum atomic E-state index is 13.4. The minimum absolute atomic E-state index is 0.0720. The van der Waals surface area contributed by atoms with Crippen LogP contribution in [0.4, 0.5) is 4.79 Å². The lowest BCUT2D eigenvalue weighted by molar-refractivity contribution is -0.135. The normalized spacial score (nSPS) is 19.2. The summed E-state index contributed by atoms with van der Waals surface area (Å²) >= 11 is 3.54. The van der Waals surface area contributed by atoms with Crippen LogP contribution in [0.1, 0.15) is 39.1 Å². The number of hydrogen-bond acceptors (Lipinski definition) is 4. The minimum Gasteiger partial charge on any atom is -0.453 e. The quantitative estimate of drug-likeness (QED) is 0.486. The predicted molar refractivity (Wildman–Crippen MR) is 132 cm³/mol. The Morgan fingerprint density at radius 1 is 1.21 bits per heavy atom. The third kappa shape index (κ3) is 4.90. The molecule has 2 heterocycles. The smallest absolute Gasteiger partial charge is 0.407 e. The van der Waals surface area contributed by atoms with Gasteiger partial charge in [0, 0.05) is 16.6 Å². The molecule has 3 atom stereocenters. The first-order valence-electron chi connectivity index (χ1n) is 11.2. The van der Waals surface area contributed by atoms with E-state index in [1.54, 1.807) is 0 Å². The van der Waals surface area contributed by atoms with E-state index in [1.807, 2.05) is 31.0 Å². The molecule has 0 bridgehead atoms. The second-order valence-electron chi connectivity index (χ2n) is 9.09. The number of aromatic nitrogens is 2. The Balaban J connectivity index is 1.60. The molecule has 1 aliphatic heterocycles. The number of carbonyl (C=O) groups excluding carboxylic acids is 2. The summed E-state index contributed by atoms with van der Waals surface area (Å²) in [5.41, 5.74) is 1.95. The fourth-order valence-corrected chi connectivity index (χ4v) is 4.84. The summed E-state index contributed by atoms with van der Waals surface area (Å²) in [5.74, 6) is 0.907. The van der Waals surface area contributed by atoms with Gasteiger partial charge in [0.25, 0.3) is 0 Å². The number of nitrogens with one attached hydrogen (secondary N) is 2. The number of alkyl carbamates (subject to hydrolysis) is 1. The summed E-state index contributed by atoms with van der Waals surface area (Å²) in [6, 6.07) is 11.7. The fourth-order valence-electron chi connectivity index (χ4n) is 4.46. The molecule has 33 heavy (non-hydrogen) atoms. The molecule has 2 amide bonds. The average Bonchev–Trinajstić information content (AvgIpc) is 3.42. The Morgan fingerprint density at radius 3 is 2.70 bits per heavy atom. The number of likely N-dealkylation sites (tertiary alicyclic amines) is 1. The minimum atomic E-state index is -0.654. The molecule has 0 aliphatic carbocycles. The number of rotatable bonds is 5. The number of H-pyrrole nitrogens is 1. The number of benzene rings is 2. The van der Waals surface area contributed by atoms with Gasteiger partial charge in [0.05, 0.1) is 25.0 Å². The van der Waals surface area contributed by atoms with E-state index in [9.17, 15) is 9.59 Å². The van der Waals surface area contributed by atoms with Gasteiger partial charge in [-0.05, 0) is 47.2 Å². The van der Waals surface area contributed by atoms with Gasteiger partial charge in [0.15, 0.2) is 0 Å². The SMILES string of the molecule is COC(=O)N[C@H](C(=O)N1C[C@@H](C)C[C@H]1c1ncc(-c2ccc3ccc(Br)cc3c2)[nH]1)C(C)C. The molecule has 174 valence electrons. The largest absolute Gasteiger partial charge is 0.453 e. The average molecular weight is 513 g/mol. The van der Waals surface area contributed by atoms with Crippen LogP contribution in [0.5, 0.6) is 0 Å². The third-order valence-corrected chi connectivity index (χ3v) is 6.70. The van der Waals surface area contributed by atoms with Crippen molar-refractivity contribution in [2.45, 2.75) is 39.3 Å². The first-order valence-corrected chi connectivity index (χ1v) is 12.0.